The number of nitrogens with one attached hydrogen (secondary N) is 1. The fourth-order valence-corrected chi connectivity index (χ4v) is 7.79. The van der Waals surface area contributed by atoms with Crippen molar-refractivity contribution in [2.75, 3.05) is 11.9 Å². The lowest BCUT2D eigenvalue weighted by atomic mass is 9.97. The molecule has 1 amide bonds. The summed E-state index contributed by atoms with van der Waals surface area (Å²) in [5.41, 5.74) is -0.344. The number of anilines is 1. The normalized spacial score (nSPS) is 22.3. The Balaban J connectivity index is 1.73. The fraction of sp³-hybridized carbons (Fsp3) is 0.542. The smallest absolute Gasteiger partial charge is 0.272 e. The Bertz CT molecular complexity index is 1260. The van der Waals surface area contributed by atoms with Gasteiger partial charge in [-0.25, -0.2) is 17.2 Å². The van der Waals surface area contributed by atoms with Gasteiger partial charge in [0.2, 0.25) is 10.0 Å². The van der Waals surface area contributed by atoms with Gasteiger partial charge in [-0.1, -0.05) is 0 Å². The quantitative estimate of drug-likeness (QED) is 0.529. The first-order chi connectivity index (χ1) is 16.4. The number of hydrogen-bond acceptors (Lipinski definition) is 5. The molecule has 2 aromatic rings. The number of halogens is 2. The number of fused-ring (bicyclic) bond motifs is 1. The third-order valence-corrected chi connectivity index (χ3v) is 9.28. The highest BCUT2D eigenvalue weighted by Gasteiger charge is 2.45. The van der Waals surface area contributed by atoms with Crippen LogP contribution in [-0.2, 0) is 23.0 Å². The van der Waals surface area contributed by atoms with Crippen LogP contribution in [0, 0.1) is 18.6 Å². The van der Waals surface area contributed by atoms with Gasteiger partial charge in [-0.3, -0.25) is 4.79 Å². The van der Waals surface area contributed by atoms with Crippen LogP contribution in [0.25, 0.3) is 0 Å². The number of sulfonamides is 1. The van der Waals surface area contributed by atoms with Gasteiger partial charge < -0.3 is 20.1 Å². The minimum absolute atomic E-state index is 0.0609. The molecule has 4 rings (SSSR count). The van der Waals surface area contributed by atoms with E-state index in [2.05, 4.69) is 5.32 Å². The maximum atomic E-state index is 14.0. The molecular formula is C24H31F2N3O5S. The number of hydrogen-bond donors (Lipinski definition) is 3. The lowest BCUT2D eigenvalue weighted by molar-refractivity contribution is -0.0169. The van der Waals surface area contributed by atoms with E-state index in [0.717, 1.165) is 12.1 Å². The number of carbonyl (C=O) groups excluding carboxylic acids is 1. The van der Waals surface area contributed by atoms with Crippen LogP contribution in [0.1, 0.15) is 61.3 Å². The molecule has 35 heavy (non-hydrogen) atoms. The molecule has 2 aliphatic rings. The second kappa shape index (κ2) is 9.27. The second-order valence-corrected chi connectivity index (χ2v) is 11.6. The van der Waals surface area contributed by atoms with Gasteiger partial charge in [-0.2, -0.15) is 4.31 Å². The minimum Gasteiger partial charge on any atom is -0.393 e. The molecule has 1 fully saturated rings. The number of benzene rings is 1. The highest BCUT2D eigenvalue weighted by atomic mass is 32.2. The average molecular weight is 512 g/mol. The van der Waals surface area contributed by atoms with Crippen molar-refractivity contribution in [3.8, 4) is 0 Å². The molecule has 0 spiro atoms. The third-order valence-electron chi connectivity index (χ3n) is 7.00. The number of amides is 1. The van der Waals surface area contributed by atoms with Gasteiger partial charge in [-0.05, 0) is 65.0 Å². The monoisotopic (exact) mass is 511 g/mol. The van der Waals surface area contributed by atoms with Crippen LogP contribution in [0.5, 0.6) is 0 Å². The van der Waals surface area contributed by atoms with Gasteiger partial charge in [0.1, 0.15) is 10.6 Å². The summed E-state index contributed by atoms with van der Waals surface area (Å²) < 4.78 is 58.1. The molecule has 1 aromatic carbocycles. The van der Waals surface area contributed by atoms with Gasteiger partial charge in [0.05, 0.1) is 12.2 Å². The van der Waals surface area contributed by atoms with Crippen molar-refractivity contribution in [3.05, 3.63) is 46.8 Å². The van der Waals surface area contributed by atoms with Crippen molar-refractivity contribution < 1.29 is 32.2 Å². The van der Waals surface area contributed by atoms with E-state index in [1.165, 1.54) is 17.3 Å². The Morgan fingerprint density at radius 3 is 2.63 bits per heavy atom. The van der Waals surface area contributed by atoms with Crippen molar-refractivity contribution in [1.29, 1.82) is 0 Å². The largest absolute Gasteiger partial charge is 0.393 e. The Kier molecular flexibility index (Phi) is 6.82. The minimum atomic E-state index is -4.04. The van der Waals surface area contributed by atoms with Crippen LogP contribution in [0.4, 0.5) is 14.5 Å². The summed E-state index contributed by atoms with van der Waals surface area (Å²) in [6.45, 7) is 4.85. The first kappa shape index (κ1) is 25.7. The molecule has 1 aromatic heterocycles. The van der Waals surface area contributed by atoms with E-state index in [1.54, 1.807) is 11.5 Å². The molecular weight excluding hydrogens is 480 g/mol. The predicted octanol–water partition coefficient (Wildman–Crippen LogP) is 2.95. The number of aliphatic hydroxyl groups is 2. The van der Waals surface area contributed by atoms with E-state index in [1.807, 2.05) is 6.92 Å². The summed E-state index contributed by atoms with van der Waals surface area (Å²) in [4.78, 5) is 13.3. The van der Waals surface area contributed by atoms with Crippen LogP contribution >= 0.6 is 0 Å². The van der Waals surface area contributed by atoms with E-state index in [-0.39, 0.29) is 28.7 Å². The second-order valence-electron chi connectivity index (χ2n) is 9.86. The Morgan fingerprint density at radius 2 is 1.97 bits per heavy atom. The standard InChI is InChI=1S/C24H31F2N3O5S/c1-14-6-8-17(12-24(3,32)13-30)29(14)35(33,34)22-15(2)21(28-10-4-5-20(22)28)23(31)27-16-7-9-18(25)19(26)11-16/h7,9,11,14,17,30,32H,4-6,8,10,12-13H2,1-3H3,(H,27,31). The number of rotatable bonds is 7. The van der Waals surface area contributed by atoms with Gasteiger partial charge in [0.15, 0.2) is 11.6 Å². The number of aromatic nitrogens is 1. The first-order valence-electron chi connectivity index (χ1n) is 11.7. The lowest BCUT2D eigenvalue weighted by Crippen LogP contribution is -2.45. The third kappa shape index (κ3) is 4.62. The molecule has 0 bridgehead atoms. The van der Waals surface area contributed by atoms with E-state index in [4.69, 9.17) is 0 Å². The number of aliphatic hydroxyl groups excluding tert-OH is 1. The number of carbonyl (C=O) groups is 1. The summed E-state index contributed by atoms with van der Waals surface area (Å²) in [5, 5.41) is 22.5. The van der Waals surface area contributed by atoms with Crippen LogP contribution in [0.15, 0.2) is 23.1 Å². The van der Waals surface area contributed by atoms with Crippen molar-refractivity contribution >= 4 is 21.6 Å². The molecule has 192 valence electrons. The maximum Gasteiger partial charge on any atom is 0.272 e. The zero-order chi connectivity index (χ0) is 25.7. The zero-order valence-corrected chi connectivity index (χ0v) is 20.8. The first-order valence-corrected chi connectivity index (χ1v) is 13.2. The van der Waals surface area contributed by atoms with Gasteiger partial charge >= 0.3 is 0 Å². The molecule has 1 saturated heterocycles. The summed E-state index contributed by atoms with van der Waals surface area (Å²) in [6.07, 6.45) is 2.40. The van der Waals surface area contributed by atoms with Crippen molar-refractivity contribution in [2.45, 2.75) is 82.0 Å². The molecule has 0 radical (unpaired) electrons. The van der Waals surface area contributed by atoms with Crippen LogP contribution in [0.2, 0.25) is 0 Å². The van der Waals surface area contributed by atoms with Gasteiger partial charge in [-0.15, -0.1) is 0 Å². The van der Waals surface area contributed by atoms with Gasteiger partial charge in [0.25, 0.3) is 5.91 Å². The van der Waals surface area contributed by atoms with E-state index < -0.39 is 45.8 Å². The van der Waals surface area contributed by atoms with Crippen LogP contribution in [-0.4, -0.2) is 57.7 Å². The summed E-state index contributed by atoms with van der Waals surface area (Å²) in [6, 6.07) is 2.22. The summed E-state index contributed by atoms with van der Waals surface area (Å²) in [5.74, 6) is -2.74. The number of nitrogens with zero attached hydrogens (tertiary/aromatic N) is 2. The van der Waals surface area contributed by atoms with E-state index >= 15 is 0 Å². The molecule has 3 atom stereocenters. The van der Waals surface area contributed by atoms with Gasteiger partial charge in [0, 0.05) is 41.6 Å². The molecule has 0 aliphatic carbocycles. The van der Waals surface area contributed by atoms with E-state index in [0.29, 0.717) is 43.5 Å². The van der Waals surface area contributed by atoms with Crippen LogP contribution < -0.4 is 5.32 Å². The highest BCUT2D eigenvalue weighted by molar-refractivity contribution is 7.89. The Morgan fingerprint density at radius 1 is 1.26 bits per heavy atom. The topological polar surface area (TPSA) is 112 Å². The highest BCUT2D eigenvalue weighted by Crippen LogP contribution is 2.40. The van der Waals surface area contributed by atoms with Crippen molar-refractivity contribution in [2.24, 2.45) is 0 Å². The molecule has 3 unspecified atom stereocenters. The maximum absolute atomic E-state index is 14.0. The lowest BCUT2D eigenvalue weighted by Gasteiger charge is -2.32. The average Bonchev–Trinajstić information content (AvgIpc) is 3.44. The summed E-state index contributed by atoms with van der Waals surface area (Å²) >= 11 is 0. The molecule has 3 heterocycles. The predicted molar refractivity (Wildman–Crippen MR) is 126 cm³/mol. The molecule has 3 N–H and O–H groups in total. The zero-order valence-electron chi connectivity index (χ0n) is 20.0. The molecule has 0 saturated carbocycles. The summed E-state index contributed by atoms with van der Waals surface area (Å²) in [7, 11) is -4.04. The molecule has 2 aliphatic heterocycles. The van der Waals surface area contributed by atoms with Crippen LogP contribution in [0.3, 0.4) is 0 Å². The fourth-order valence-electron chi connectivity index (χ4n) is 5.43. The van der Waals surface area contributed by atoms with Crippen molar-refractivity contribution in [1.82, 2.24) is 8.87 Å². The Hall–Kier alpha value is -2.34. The van der Waals surface area contributed by atoms with Crippen molar-refractivity contribution in [3.63, 3.8) is 0 Å². The SMILES string of the molecule is Cc1c(S(=O)(=O)N2C(C)CCC2CC(C)(O)CO)c2n(c1C(=O)Nc1ccc(F)c(F)c1)CCC2. The molecule has 8 nitrogen and oxygen atoms in total. The molecule has 11 heteroatoms. The van der Waals surface area contributed by atoms with E-state index in [9.17, 15) is 32.2 Å². The Labute approximate surface area is 203 Å².